The highest BCUT2D eigenvalue weighted by molar-refractivity contribution is 5.95. The Hall–Kier alpha value is -3.02. The molecule has 0 bridgehead atoms. The molecule has 124 valence electrons. The number of hydrogen-bond donors (Lipinski definition) is 2. The molecule has 0 fully saturated rings. The molecular weight excluding hydrogens is 308 g/mol. The lowest BCUT2D eigenvalue weighted by Gasteiger charge is -2.18. The molecule has 2 aromatic carbocycles. The molecule has 2 amide bonds. The van der Waals surface area contributed by atoms with Crippen molar-refractivity contribution in [2.24, 2.45) is 0 Å². The van der Waals surface area contributed by atoms with Gasteiger partial charge in [-0.3, -0.25) is 9.59 Å². The van der Waals surface area contributed by atoms with Gasteiger partial charge in [0.25, 0.3) is 11.8 Å². The summed E-state index contributed by atoms with van der Waals surface area (Å²) in [6.07, 6.45) is 0. The van der Waals surface area contributed by atoms with Gasteiger partial charge in [0.05, 0.1) is 5.69 Å². The van der Waals surface area contributed by atoms with E-state index in [4.69, 9.17) is 9.47 Å². The number of benzene rings is 2. The third-order valence-electron chi connectivity index (χ3n) is 3.74. The van der Waals surface area contributed by atoms with Crippen LogP contribution in [0.3, 0.4) is 0 Å². The molecular formula is C18H18N2O4. The van der Waals surface area contributed by atoms with E-state index < -0.39 is 0 Å². The van der Waals surface area contributed by atoms with E-state index in [0.29, 0.717) is 17.2 Å². The first-order valence-electron chi connectivity index (χ1n) is 7.58. The Morgan fingerprint density at radius 1 is 1.21 bits per heavy atom. The number of carbonyl (C=O) groups excluding carboxylic acids is 2. The maximum atomic E-state index is 12.0. The molecule has 24 heavy (non-hydrogen) atoms. The average molecular weight is 326 g/mol. The summed E-state index contributed by atoms with van der Waals surface area (Å²) in [7, 11) is 0. The first-order chi connectivity index (χ1) is 11.5. The summed E-state index contributed by atoms with van der Waals surface area (Å²) < 4.78 is 10.7. The van der Waals surface area contributed by atoms with Crippen molar-refractivity contribution in [2.45, 2.75) is 13.8 Å². The molecule has 2 N–H and O–H groups in total. The van der Waals surface area contributed by atoms with Crippen LogP contribution in [0.2, 0.25) is 0 Å². The molecule has 0 radical (unpaired) electrons. The highest BCUT2D eigenvalue weighted by Gasteiger charge is 2.16. The molecule has 6 nitrogen and oxygen atoms in total. The number of aryl methyl sites for hydroxylation is 2. The molecule has 1 aliphatic rings. The van der Waals surface area contributed by atoms with Crippen molar-refractivity contribution in [1.82, 2.24) is 0 Å². The maximum Gasteiger partial charge on any atom is 0.262 e. The van der Waals surface area contributed by atoms with E-state index in [0.717, 1.165) is 11.3 Å². The number of rotatable bonds is 4. The number of nitrogens with one attached hydrogen (secondary N) is 2. The van der Waals surface area contributed by atoms with Gasteiger partial charge < -0.3 is 20.1 Å². The van der Waals surface area contributed by atoms with Crippen molar-refractivity contribution in [2.75, 3.05) is 23.8 Å². The van der Waals surface area contributed by atoms with Gasteiger partial charge in [0, 0.05) is 11.8 Å². The van der Waals surface area contributed by atoms with Crippen LogP contribution in [0, 0.1) is 13.8 Å². The van der Waals surface area contributed by atoms with Crippen LogP contribution >= 0.6 is 0 Å². The third kappa shape index (κ3) is 3.65. The molecule has 0 unspecified atom stereocenters. The van der Waals surface area contributed by atoms with Gasteiger partial charge in [-0.05, 0) is 49.2 Å². The van der Waals surface area contributed by atoms with E-state index in [1.165, 1.54) is 5.56 Å². The Morgan fingerprint density at radius 3 is 2.83 bits per heavy atom. The predicted octanol–water partition coefficient (Wildman–Crippen LogP) is 2.65. The maximum absolute atomic E-state index is 12.0. The van der Waals surface area contributed by atoms with Gasteiger partial charge in [-0.15, -0.1) is 0 Å². The summed E-state index contributed by atoms with van der Waals surface area (Å²) in [5.74, 6) is 0.597. The van der Waals surface area contributed by atoms with Crippen molar-refractivity contribution >= 4 is 23.2 Å². The van der Waals surface area contributed by atoms with Crippen LogP contribution in [0.15, 0.2) is 36.4 Å². The van der Waals surface area contributed by atoms with E-state index in [2.05, 4.69) is 10.6 Å². The quantitative estimate of drug-likeness (QED) is 0.905. The summed E-state index contributed by atoms with van der Waals surface area (Å²) in [6, 6.07) is 10.8. The monoisotopic (exact) mass is 326 g/mol. The molecule has 0 spiro atoms. The molecule has 0 aromatic heterocycles. The Kier molecular flexibility index (Phi) is 4.37. The van der Waals surface area contributed by atoms with E-state index >= 15 is 0 Å². The number of fused-ring (bicyclic) bond motifs is 1. The molecule has 0 aliphatic carbocycles. The first kappa shape index (κ1) is 15.9. The highest BCUT2D eigenvalue weighted by atomic mass is 16.5. The minimum Gasteiger partial charge on any atom is -0.484 e. The SMILES string of the molecule is Cc1ccc(NC(=O)COc2ccc3c(c2)NC(=O)CO3)cc1C. The summed E-state index contributed by atoms with van der Waals surface area (Å²) in [5, 5.41) is 5.49. The fourth-order valence-corrected chi connectivity index (χ4v) is 2.32. The molecule has 2 aromatic rings. The third-order valence-corrected chi connectivity index (χ3v) is 3.74. The van der Waals surface area contributed by atoms with Gasteiger partial charge in [0.1, 0.15) is 11.5 Å². The normalized spacial score (nSPS) is 12.7. The van der Waals surface area contributed by atoms with Crippen LogP contribution in [0.1, 0.15) is 11.1 Å². The largest absolute Gasteiger partial charge is 0.484 e. The van der Waals surface area contributed by atoms with E-state index in [1.54, 1.807) is 18.2 Å². The molecule has 0 saturated heterocycles. The summed E-state index contributed by atoms with van der Waals surface area (Å²) in [4.78, 5) is 23.3. The number of hydrogen-bond acceptors (Lipinski definition) is 4. The van der Waals surface area contributed by atoms with Gasteiger partial charge in [0.15, 0.2) is 13.2 Å². The summed E-state index contributed by atoms with van der Waals surface area (Å²) in [5.41, 5.74) is 3.55. The van der Waals surface area contributed by atoms with Crippen molar-refractivity contribution < 1.29 is 19.1 Å². The van der Waals surface area contributed by atoms with Crippen molar-refractivity contribution in [3.63, 3.8) is 0 Å². The smallest absolute Gasteiger partial charge is 0.262 e. The van der Waals surface area contributed by atoms with Crippen LogP contribution < -0.4 is 20.1 Å². The summed E-state index contributed by atoms with van der Waals surface area (Å²) in [6.45, 7) is 3.89. The van der Waals surface area contributed by atoms with Gasteiger partial charge >= 0.3 is 0 Å². The fourth-order valence-electron chi connectivity index (χ4n) is 2.32. The zero-order chi connectivity index (χ0) is 17.1. The minimum absolute atomic E-state index is 0.00553. The van der Waals surface area contributed by atoms with Crippen molar-refractivity contribution in [3.05, 3.63) is 47.5 Å². The predicted molar refractivity (Wildman–Crippen MR) is 90.6 cm³/mol. The molecule has 6 heteroatoms. The van der Waals surface area contributed by atoms with Crippen molar-refractivity contribution in [1.29, 1.82) is 0 Å². The Morgan fingerprint density at radius 2 is 2.04 bits per heavy atom. The average Bonchev–Trinajstić information content (AvgIpc) is 2.56. The lowest BCUT2D eigenvalue weighted by atomic mass is 10.1. The van der Waals surface area contributed by atoms with Gasteiger partial charge in [-0.2, -0.15) is 0 Å². The Balaban J connectivity index is 1.59. The molecule has 1 heterocycles. The molecule has 3 rings (SSSR count). The second kappa shape index (κ2) is 6.62. The lowest BCUT2D eigenvalue weighted by molar-refractivity contribution is -0.119. The van der Waals surface area contributed by atoms with E-state index in [9.17, 15) is 9.59 Å². The van der Waals surface area contributed by atoms with E-state index in [-0.39, 0.29) is 25.0 Å². The highest BCUT2D eigenvalue weighted by Crippen LogP contribution is 2.31. The second-order valence-corrected chi connectivity index (χ2v) is 5.63. The van der Waals surface area contributed by atoms with E-state index in [1.807, 2.05) is 32.0 Å². The second-order valence-electron chi connectivity index (χ2n) is 5.63. The van der Waals surface area contributed by atoms with Gasteiger partial charge in [0.2, 0.25) is 0 Å². The Bertz CT molecular complexity index is 802. The fraction of sp³-hybridized carbons (Fsp3) is 0.222. The number of amides is 2. The first-order valence-corrected chi connectivity index (χ1v) is 7.58. The molecule has 0 saturated carbocycles. The van der Waals surface area contributed by atoms with Crippen LogP contribution in [0.4, 0.5) is 11.4 Å². The summed E-state index contributed by atoms with van der Waals surface area (Å²) >= 11 is 0. The van der Waals surface area contributed by atoms with Gasteiger partial charge in [-0.1, -0.05) is 6.07 Å². The minimum atomic E-state index is -0.253. The molecule has 0 atom stereocenters. The topological polar surface area (TPSA) is 76.7 Å². The number of carbonyl (C=O) groups is 2. The number of ether oxygens (including phenoxy) is 2. The van der Waals surface area contributed by atoms with Crippen molar-refractivity contribution in [3.8, 4) is 11.5 Å². The number of anilines is 2. The van der Waals surface area contributed by atoms with Crippen LogP contribution in [-0.2, 0) is 9.59 Å². The van der Waals surface area contributed by atoms with Crippen LogP contribution in [0.5, 0.6) is 11.5 Å². The zero-order valence-corrected chi connectivity index (χ0v) is 13.5. The standard InChI is InChI=1S/C18H18N2O4/c1-11-3-4-13(7-12(11)2)19-17(21)9-23-14-5-6-16-15(8-14)20-18(22)10-24-16/h3-8H,9-10H2,1-2H3,(H,19,21)(H,20,22). The molecule has 1 aliphatic heterocycles. The van der Waals surface area contributed by atoms with Crippen LogP contribution in [0.25, 0.3) is 0 Å². The zero-order valence-electron chi connectivity index (χ0n) is 13.5. The van der Waals surface area contributed by atoms with Crippen LogP contribution in [-0.4, -0.2) is 25.0 Å². The Labute approximate surface area is 139 Å². The lowest BCUT2D eigenvalue weighted by Crippen LogP contribution is -2.25. The van der Waals surface area contributed by atoms with Gasteiger partial charge in [-0.25, -0.2) is 0 Å².